The molecule has 0 N–H and O–H groups in total. The maximum atomic E-state index is 13.3. The van der Waals surface area contributed by atoms with Crippen LogP contribution in [0.3, 0.4) is 0 Å². The van der Waals surface area contributed by atoms with Gasteiger partial charge in [-0.3, -0.25) is 9.78 Å². The molecule has 6 rings (SSSR count). The predicted molar refractivity (Wildman–Crippen MR) is 101 cm³/mol. The van der Waals surface area contributed by atoms with Crippen LogP contribution in [0.1, 0.15) is 69.4 Å². The van der Waals surface area contributed by atoms with Gasteiger partial charge < -0.3 is 4.90 Å². The molecule has 3 nitrogen and oxygen atoms in total. The SMILES string of the molecule is O=C(CC12C[C@H]3C[C@@H](CC(Br)(C3)C1)C2)N1CCC[C@H]1c1ccncc1. The maximum absolute atomic E-state index is 13.3. The average molecular weight is 403 g/mol. The van der Waals surface area contributed by atoms with Crippen LogP contribution >= 0.6 is 15.9 Å². The monoisotopic (exact) mass is 402 g/mol. The van der Waals surface area contributed by atoms with Gasteiger partial charge in [0.15, 0.2) is 0 Å². The minimum Gasteiger partial charge on any atom is -0.336 e. The third kappa shape index (κ3) is 2.85. The lowest BCUT2D eigenvalue weighted by atomic mass is 9.48. The molecule has 0 radical (unpaired) electrons. The molecule has 1 amide bonds. The second-order valence-electron chi connectivity index (χ2n) is 9.31. The molecule has 4 saturated carbocycles. The van der Waals surface area contributed by atoms with Gasteiger partial charge in [-0.25, -0.2) is 0 Å². The number of nitrogens with zero attached hydrogens (tertiary/aromatic N) is 2. The second-order valence-corrected chi connectivity index (χ2v) is 11.0. The molecular formula is C21H27BrN2O. The third-order valence-electron chi connectivity index (χ3n) is 7.30. The number of carbonyl (C=O) groups excluding carboxylic acids is 1. The summed E-state index contributed by atoms with van der Waals surface area (Å²) >= 11 is 4.08. The molecule has 25 heavy (non-hydrogen) atoms. The van der Waals surface area contributed by atoms with Crippen molar-refractivity contribution in [3.8, 4) is 0 Å². The number of carbonyl (C=O) groups is 1. The van der Waals surface area contributed by atoms with E-state index < -0.39 is 0 Å². The first kappa shape index (κ1) is 16.3. The van der Waals surface area contributed by atoms with E-state index in [4.69, 9.17) is 0 Å². The van der Waals surface area contributed by atoms with Crippen molar-refractivity contribution in [1.29, 1.82) is 0 Å². The van der Waals surface area contributed by atoms with Crippen molar-refractivity contribution < 1.29 is 4.79 Å². The summed E-state index contributed by atoms with van der Waals surface area (Å²) in [6, 6.07) is 4.42. The van der Waals surface area contributed by atoms with E-state index in [0.29, 0.717) is 10.2 Å². The smallest absolute Gasteiger partial charge is 0.223 e. The highest BCUT2D eigenvalue weighted by atomic mass is 79.9. The second kappa shape index (κ2) is 5.80. The first-order valence-corrected chi connectivity index (χ1v) is 10.7. The minimum absolute atomic E-state index is 0.266. The van der Waals surface area contributed by atoms with Gasteiger partial charge in [0.1, 0.15) is 0 Å². The molecule has 3 atom stereocenters. The van der Waals surface area contributed by atoms with Crippen molar-refractivity contribution in [2.75, 3.05) is 6.54 Å². The molecule has 1 aromatic rings. The Balaban J connectivity index is 1.35. The van der Waals surface area contributed by atoms with Gasteiger partial charge in [0, 0.05) is 29.7 Å². The molecule has 0 spiro atoms. The maximum Gasteiger partial charge on any atom is 0.223 e. The van der Waals surface area contributed by atoms with Crippen LogP contribution in [0, 0.1) is 17.3 Å². The number of amides is 1. The molecular weight excluding hydrogens is 376 g/mol. The predicted octanol–water partition coefficient (Wildman–Crippen LogP) is 4.87. The van der Waals surface area contributed by atoms with E-state index in [2.05, 4.69) is 37.9 Å². The van der Waals surface area contributed by atoms with E-state index in [0.717, 1.165) is 37.6 Å². The number of hydrogen-bond acceptors (Lipinski definition) is 2. The van der Waals surface area contributed by atoms with Crippen molar-refractivity contribution in [1.82, 2.24) is 9.88 Å². The Hall–Kier alpha value is -0.900. The Morgan fingerprint density at radius 3 is 2.60 bits per heavy atom. The van der Waals surface area contributed by atoms with Gasteiger partial charge in [-0.2, -0.15) is 0 Å². The Kier molecular flexibility index (Phi) is 3.78. The lowest BCUT2D eigenvalue weighted by molar-refractivity contribution is -0.139. The van der Waals surface area contributed by atoms with Gasteiger partial charge in [0.2, 0.25) is 5.91 Å². The van der Waals surface area contributed by atoms with Crippen molar-refractivity contribution >= 4 is 21.8 Å². The molecule has 134 valence electrons. The van der Waals surface area contributed by atoms with E-state index in [1.54, 1.807) is 0 Å². The fourth-order valence-corrected chi connectivity index (χ4v) is 8.47. The summed E-state index contributed by atoms with van der Waals surface area (Å²) in [5, 5.41) is 0. The third-order valence-corrected chi connectivity index (χ3v) is 8.23. The first-order chi connectivity index (χ1) is 12.0. The molecule has 0 unspecified atom stereocenters. The summed E-state index contributed by atoms with van der Waals surface area (Å²) < 4.78 is 0.340. The fourth-order valence-electron chi connectivity index (χ4n) is 6.96. The van der Waals surface area contributed by atoms with Crippen molar-refractivity contribution in [3.63, 3.8) is 0 Å². The number of aromatic nitrogens is 1. The summed E-state index contributed by atoms with van der Waals surface area (Å²) in [6.45, 7) is 0.925. The molecule has 2 heterocycles. The van der Waals surface area contributed by atoms with Crippen molar-refractivity contribution in [3.05, 3.63) is 30.1 Å². The van der Waals surface area contributed by atoms with Crippen LogP contribution in [0.4, 0.5) is 0 Å². The summed E-state index contributed by atoms with van der Waals surface area (Å²) in [6.07, 6.45) is 14.6. The molecule has 0 aromatic carbocycles. The van der Waals surface area contributed by atoms with Gasteiger partial charge in [-0.1, -0.05) is 15.9 Å². The Morgan fingerprint density at radius 1 is 1.20 bits per heavy atom. The zero-order chi connectivity index (χ0) is 17.1. The highest BCUT2D eigenvalue weighted by Gasteiger charge is 2.57. The average Bonchev–Trinajstić information content (AvgIpc) is 3.02. The molecule has 4 bridgehead atoms. The topological polar surface area (TPSA) is 33.2 Å². The number of pyridine rings is 1. The molecule has 4 aliphatic carbocycles. The van der Waals surface area contributed by atoms with Gasteiger partial charge in [-0.15, -0.1) is 0 Å². The summed E-state index contributed by atoms with van der Waals surface area (Å²) in [4.78, 5) is 19.6. The zero-order valence-electron chi connectivity index (χ0n) is 14.8. The van der Waals surface area contributed by atoms with Crippen LogP contribution in [0.25, 0.3) is 0 Å². The zero-order valence-corrected chi connectivity index (χ0v) is 16.4. The summed E-state index contributed by atoms with van der Waals surface area (Å²) in [5.41, 5.74) is 1.53. The Labute approximate surface area is 158 Å². The van der Waals surface area contributed by atoms with E-state index in [9.17, 15) is 4.79 Å². The minimum atomic E-state index is 0.266. The van der Waals surface area contributed by atoms with Crippen molar-refractivity contribution in [2.45, 2.75) is 68.2 Å². The molecule has 1 aliphatic heterocycles. The molecule has 1 saturated heterocycles. The van der Waals surface area contributed by atoms with Crippen LogP contribution in [-0.2, 0) is 4.79 Å². The number of rotatable bonds is 3. The summed E-state index contributed by atoms with van der Waals surface area (Å²) in [5.74, 6) is 2.10. The van der Waals surface area contributed by atoms with Crippen LogP contribution in [0.2, 0.25) is 0 Å². The van der Waals surface area contributed by atoms with Crippen LogP contribution < -0.4 is 0 Å². The number of likely N-dealkylation sites (tertiary alicyclic amines) is 1. The largest absolute Gasteiger partial charge is 0.336 e. The van der Waals surface area contributed by atoms with Crippen molar-refractivity contribution in [2.24, 2.45) is 17.3 Å². The van der Waals surface area contributed by atoms with E-state index in [1.807, 2.05) is 12.4 Å². The Bertz CT molecular complexity index is 662. The van der Waals surface area contributed by atoms with Gasteiger partial charge in [0.25, 0.3) is 0 Å². The molecule has 5 fully saturated rings. The lowest BCUT2D eigenvalue weighted by Crippen LogP contribution is -2.54. The van der Waals surface area contributed by atoms with Crippen LogP contribution in [0.5, 0.6) is 0 Å². The number of alkyl halides is 1. The standard InChI is InChI=1S/C21H27BrN2O/c22-21-11-15-8-16(12-21)10-20(9-15,14-21)13-19(25)24-7-1-2-18(24)17-3-5-23-6-4-17/h3-6,15-16,18H,1-2,7-14H2/t15-,16-,18+,20?,21?/m1/s1. The highest BCUT2D eigenvalue weighted by molar-refractivity contribution is 9.10. The number of halogens is 1. The van der Waals surface area contributed by atoms with Crippen LogP contribution in [-0.4, -0.2) is 26.7 Å². The first-order valence-electron chi connectivity index (χ1n) is 9.93. The van der Waals surface area contributed by atoms with Gasteiger partial charge >= 0.3 is 0 Å². The van der Waals surface area contributed by atoms with E-state index in [-0.39, 0.29) is 11.5 Å². The highest BCUT2D eigenvalue weighted by Crippen LogP contribution is 2.65. The Morgan fingerprint density at radius 2 is 1.92 bits per heavy atom. The number of hydrogen-bond donors (Lipinski definition) is 0. The van der Waals surface area contributed by atoms with Gasteiger partial charge in [-0.05, 0) is 86.3 Å². The molecule has 1 aromatic heterocycles. The van der Waals surface area contributed by atoms with E-state index in [1.165, 1.54) is 44.1 Å². The molecule has 5 aliphatic rings. The van der Waals surface area contributed by atoms with Crippen LogP contribution in [0.15, 0.2) is 24.5 Å². The molecule has 4 heteroatoms. The van der Waals surface area contributed by atoms with Gasteiger partial charge in [0.05, 0.1) is 6.04 Å². The fraction of sp³-hybridized carbons (Fsp3) is 0.714. The summed E-state index contributed by atoms with van der Waals surface area (Å²) in [7, 11) is 0. The quantitative estimate of drug-likeness (QED) is 0.675. The normalized spacial score (nSPS) is 42.1. The lowest BCUT2D eigenvalue weighted by Gasteiger charge is -2.60. The van der Waals surface area contributed by atoms with E-state index >= 15 is 0 Å².